The number of aliphatic hydroxyl groups is 1. The van der Waals surface area contributed by atoms with Gasteiger partial charge in [-0.2, -0.15) is 0 Å². The molecule has 4 N–H and O–H groups in total. The number of primary amides is 1. The molecule has 1 aliphatic heterocycles. The Bertz CT molecular complexity index is 1400. The number of halogens is 1. The summed E-state index contributed by atoms with van der Waals surface area (Å²) in [5.74, 6) is 0.678. The fraction of sp³-hybridized carbons (Fsp3) is 0.370. The first-order valence-electron chi connectivity index (χ1n) is 13.0. The fourth-order valence-corrected chi connectivity index (χ4v) is 4.51. The first kappa shape index (κ1) is 28.8. The average Bonchev–Trinajstić information content (AvgIpc) is 3.33. The van der Waals surface area contributed by atoms with Crippen LogP contribution < -0.4 is 25.1 Å². The first-order valence-corrected chi connectivity index (χ1v) is 13.0. The Hall–Kier alpha value is -4.20. The van der Waals surface area contributed by atoms with Gasteiger partial charge in [-0.1, -0.05) is 18.1 Å². The number of hydrogen-bond donors (Lipinski definition) is 3. The number of methoxy groups -OCH3 is 1. The van der Waals surface area contributed by atoms with E-state index in [0.29, 0.717) is 52.9 Å². The van der Waals surface area contributed by atoms with Crippen LogP contribution in [-0.4, -0.2) is 72.4 Å². The van der Waals surface area contributed by atoms with Gasteiger partial charge in [-0.3, -0.25) is 4.79 Å². The molecule has 0 spiro atoms. The number of amides is 1. The van der Waals surface area contributed by atoms with Crippen molar-refractivity contribution in [1.82, 2.24) is 19.5 Å². The molecule has 1 amide bonds. The molecule has 1 aromatic heterocycles. The minimum Gasteiger partial charge on any atom is -0.493 e. The quantitative estimate of drug-likeness (QED) is 0.192. The number of quaternary nitrogens is 1. The van der Waals surface area contributed by atoms with E-state index in [0.717, 1.165) is 25.9 Å². The molecular formula is C27H34FN8O4+. The summed E-state index contributed by atoms with van der Waals surface area (Å²) in [6.07, 6.45) is 4.78. The van der Waals surface area contributed by atoms with Crippen LogP contribution in [0, 0.1) is 5.82 Å². The van der Waals surface area contributed by atoms with Gasteiger partial charge in [-0.25, -0.2) is 14.4 Å². The maximum Gasteiger partial charge on any atom is 0.276 e. The Morgan fingerprint density at radius 3 is 2.75 bits per heavy atom. The highest BCUT2D eigenvalue weighted by Crippen LogP contribution is 2.36. The molecule has 2 heterocycles. The average molecular weight is 554 g/mol. The van der Waals surface area contributed by atoms with Crippen molar-refractivity contribution in [2.75, 3.05) is 51.8 Å². The van der Waals surface area contributed by atoms with Gasteiger partial charge in [0.25, 0.3) is 5.91 Å². The van der Waals surface area contributed by atoms with Gasteiger partial charge in [-0.15, -0.1) is 4.59 Å². The lowest BCUT2D eigenvalue weighted by molar-refractivity contribution is -0.118. The van der Waals surface area contributed by atoms with Crippen LogP contribution in [0.15, 0.2) is 65.1 Å². The molecule has 0 saturated heterocycles. The predicted octanol–water partition coefficient (Wildman–Crippen LogP) is 3.34. The van der Waals surface area contributed by atoms with Crippen molar-refractivity contribution in [3.05, 3.63) is 60.6 Å². The summed E-state index contributed by atoms with van der Waals surface area (Å²) in [4.78, 5) is 22.8. The number of aromatic nitrogens is 2. The zero-order valence-electron chi connectivity index (χ0n) is 22.6. The molecule has 1 unspecified atom stereocenters. The van der Waals surface area contributed by atoms with E-state index in [-0.39, 0.29) is 13.2 Å². The molecule has 12 nitrogen and oxygen atoms in total. The number of ether oxygens (including phenoxy) is 2. The van der Waals surface area contributed by atoms with Gasteiger partial charge >= 0.3 is 0 Å². The van der Waals surface area contributed by atoms with Gasteiger partial charge in [0.15, 0.2) is 29.9 Å². The SMILES string of the molecule is CCCN(CCO)CCCOc1cc2ncnc(NC3=C[N+](CC(N)=O)(c4cccc(F)c4)N=N3)c2cc1OC. The lowest BCUT2D eigenvalue weighted by atomic mass is 10.2. The van der Waals surface area contributed by atoms with Gasteiger partial charge < -0.3 is 30.5 Å². The molecule has 1 aliphatic rings. The van der Waals surface area contributed by atoms with Crippen molar-refractivity contribution in [2.45, 2.75) is 19.8 Å². The molecule has 2 aromatic carbocycles. The highest BCUT2D eigenvalue weighted by Gasteiger charge is 2.38. The molecule has 0 fully saturated rings. The lowest BCUT2D eigenvalue weighted by Crippen LogP contribution is -2.44. The summed E-state index contributed by atoms with van der Waals surface area (Å²) in [6, 6.07) is 9.31. The summed E-state index contributed by atoms with van der Waals surface area (Å²) in [5.41, 5.74) is 6.48. The Labute approximate surface area is 231 Å². The van der Waals surface area contributed by atoms with Crippen molar-refractivity contribution >= 4 is 28.3 Å². The van der Waals surface area contributed by atoms with Crippen LogP contribution in [0.25, 0.3) is 10.9 Å². The number of carbonyl (C=O) groups excluding carboxylic acids is 1. The summed E-state index contributed by atoms with van der Waals surface area (Å²) in [5, 5.41) is 21.4. The number of benzene rings is 2. The molecule has 0 bridgehead atoms. The maximum absolute atomic E-state index is 14.0. The first-order chi connectivity index (χ1) is 19.4. The van der Waals surface area contributed by atoms with Gasteiger partial charge in [0.2, 0.25) is 5.82 Å². The van der Waals surface area contributed by atoms with Crippen LogP contribution in [0.3, 0.4) is 0 Å². The Kier molecular flexibility index (Phi) is 9.53. The molecule has 212 valence electrons. The van der Waals surface area contributed by atoms with Crippen LogP contribution in [0.1, 0.15) is 19.8 Å². The number of hydrogen-bond acceptors (Lipinski definition) is 10. The molecule has 40 heavy (non-hydrogen) atoms. The third-order valence-corrected chi connectivity index (χ3v) is 6.30. The summed E-state index contributed by atoms with van der Waals surface area (Å²) < 4.78 is 25.1. The van der Waals surface area contributed by atoms with E-state index in [2.05, 4.69) is 37.4 Å². The number of anilines is 1. The summed E-state index contributed by atoms with van der Waals surface area (Å²) in [7, 11) is 1.55. The van der Waals surface area contributed by atoms with Crippen molar-refractivity contribution in [3.8, 4) is 11.5 Å². The second kappa shape index (κ2) is 13.2. The van der Waals surface area contributed by atoms with Crippen LogP contribution in [-0.2, 0) is 4.79 Å². The molecule has 0 radical (unpaired) electrons. The molecule has 3 aromatic rings. The van der Waals surface area contributed by atoms with Gasteiger partial charge in [0.1, 0.15) is 18.0 Å². The minimum absolute atomic E-state index is 0.129. The zero-order chi connectivity index (χ0) is 28.5. The largest absolute Gasteiger partial charge is 0.493 e. The van der Waals surface area contributed by atoms with Crippen molar-refractivity contribution in [2.24, 2.45) is 16.1 Å². The molecule has 0 saturated carbocycles. The fourth-order valence-electron chi connectivity index (χ4n) is 4.51. The third-order valence-electron chi connectivity index (χ3n) is 6.30. The van der Waals surface area contributed by atoms with E-state index in [9.17, 15) is 14.3 Å². The van der Waals surface area contributed by atoms with E-state index >= 15 is 0 Å². The van der Waals surface area contributed by atoms with Crippen LogP contribution in [0.2, 0.25) is 0 Å². The highest BCUT2D eigenvalue weighted by molar-refractivity contribution is 5.92. The minimum atomic E-state index is -0.628. The van der Waals surface area contributed by atoms with Crippen molar-refractivity contribution < 1.29 is 23.8 Å². The van der Waals surface area contributed by atoms with Gasteiger partial charge in [-0.05, 0) is 31.5 Å². The number of aliphatic hydroxyl groups excluding tert-OH is 1. The van der Waals surface area contributed by atoms with Gasteiger partial charge in [0, 0.05) is 41.9 Å². The number of nitrogens with one attached hydrogen (secondary N) is 1. The maximum atomic E-state index is 14.0. The third kappa shape index (κ3) is 6.86. The lowest BCUT2D eigenvalue weighted by Gasteiger charge is -2.21. The van der Waals surface area contributed by atoms with Gasteiger partial charge in [0.05, 0.1) is 25.8 Å². The Balaban J connectivity index is 1.54. The highest BCUT2D eigenvalue weighted by atomic mass is 19.1. The van der Waals surface area contributed by atoms with E-state index < -0.39 is 16.3 Å². The van der Waals surface area contributed by atoms with E-state index in [1.54, 1.807) is 31.5 Å². The number of carbonyl (C=O) groups is 1. The molecule has 1 atom stereocenters. The van der Waals surface area contributed by atoms with Crippen LogP contribution in [0.4, 0.5) is 15.9 Å². The Morgan fingerprint density at radius 1 is 1.18 bits per heavy atom. The molecule has 13 heteroatoms. The molecule has 4 rings (SSSR count). The van der Waals surface area contributed by atoms with E-state index in [4.69, 9.17) is 15.2 Å². The van der Waals surface area contributed by atoms with E-state index in [1.165, 1.54) is 24.5 Å². The predicted molar refractivity (Wildman–Crippen MR) is 149 cm³/mol. The van der Waals surface area contributed by atoms with E-state index in [1.807, 2.05) is 0 Å². The van der Waals surface area contributed by atoms with Crippen LogP contribution >= 0.6 is 0 Å². The number of nitrogens with zero attached hydrogens (tertiary/aromatic N) is 6. The number of nitrogens with two attached hydrogens (primary N) is 1. The number of rotatable bonds is 15. The monoisotopic (exact) mass is 553 g/mol. The van der Waals surface area contributed by atoms with Crippen molar-refractivity contribution in [3.63, 3.8) is 0 Å². The zero-order valence-corrected chi connectivity index (χ0v) is 22.6. The summed E-state index contributed by atoms with van der Waals surface area (Å²) >= 11 is 0. The molecular weight excluding hydrogens is 519 g/mol. The second-order valence-electron chi connectivity index (χ2n) is 9.27. The van der Waals surface area contributed by atoms with Crippen LogP contribution in [0.5, 0.6) is 11.5 Å². The second-order valence-corrected chi connectivity index (χ2v) is 9.27. The van der Waals surface area contributed by atoms with Crippen molar-refractivity contribution in [1.29, 1.82) is 0 Å². The normalized spacial score (nSPS) is 16.4. The molecule has 0 aliphatic carbocycles. The Morgan fingerprint density at radius 2 is 2.02 bits per heavy atom. The summed E-state index contributed by atoms with van der Waals surface area (Å²) in [6.45, 7) is 4.84. The smallest absolute Gasteiger partial charge is 0.276 e. The standard InChI is InChI=1S/C27H33FN8O4/c1-3-8-35(10-11-37)9-5-12-40-24-15-22-21(14-23(24)39-2)27(31-18-30-22)32-26-17-36(34-33-26,16-25(29)38)20-7-4-6-19(28)13-20/h4,6-7,13-15,17-18,37H,3,5,8-12,16H2,1-2H3,(H2-,29,30,31,32,38)/p+1. The topological polar surface area (TPSA) is 148 Å². The number of fused-ring (bicyclic) bond motifs is 1.